The van der Waals surface area contributed by atoms with E-state index in [-0.39, 0.29) is 5.91 Å². The van der Waals surface area contributed by atoms with Crippen molar-refractivity contribution in [1.82, 2.24) is 5.32 Å². The van der Waals surface area contributed by atoms with Gasteiger partial charge >= 0.3 is 0 Å². The Labute approximate surface area is 115 Å². The Kier molecular flexibility index (Phi) is 4.78. The van der Waals surface area contributed by atoms with Crippen LogP contribution in [0, 0.1) is 12.8 Å². The molecule has 2 rings (SSSR count). The summed E-state index contributed by atoms with van der Waals surface area (Å²) in [7, 11) is 0. The molecule has 2 atom stereocenters. The van der Waals surface area contributed by atoms with Crippen molar-refractivity contribution in [3.8, 4) is 0 Å². The second-order valence-corrected chi connectivity index (χ2v) is 5.62. The van der Waals surface area contributed by atoms with Gasteiger partial charge in [-0.15, -0.1) is 0 Å². The normalized spacial score (nSPS) is 23.5. The molecular weight excluding hydrogens is 234 g/mol. The zero-order valence-electron chi connectivity index (χ0n) is 11.9. The summed E-state index contributed by atoms with van der Waals surface area (Å²) in [5.41, 5.74) is 2.29. The van der Waals surface area contributed by atoms with E-state index in [4.69, 9.17) is 0 Å². The van der Waals surface area contributed by atoms with E-state index in [1.54, 1.807) is 6.08 Å². The lowest BCUT2D eigenvalue weighted by Crippen LogP contribution is -2.40. The zero-order valence-corrected chi connectivity index (χ0v) is 11.9. The maximum atomic E-state index is 11.9. The number of amides is 1. The summed E-state index contributed by atoms with van der Waals surface area (Å²) in [4.78, 5) is 11.9. The summed E-state index contributed by atoms with van der Waals surface area (Å²) in [5, 5.41) is 3.13. The molecule has 2 heteroatoms. The molecule has 0 saturated heterocycles. The molecule has 0 unspecified atom stereocenters. The number of benzene rings is 1. The van der Waals surface area contributed by atoms with Gasteiger partial charge in [-0.25, -0.2) is 0 Å². The molecule has 0 spiro atoms. The second kappa shape index (κ2) is 6.55. The lowest BCUT2D eigenvalue weighted by Gasteiger charge is -2.29. The molecule has 1 saturated carbocycles. The van der Waals surface area contributed by atoms with Crippen LogP contribution in [0.15, 0.2) is 30.3 Å². The van der Waals surface area contributed by atoms with Gasteiger partial charge in [-0.2, -0.15) is 0 Å². The fourth-order valence-corrected chi connectivity index (χ4v) is 2.71. The first-order valence-electron chi connectivity index (χ1n) is 7.20. The Morgan fingerprint density at radius 2 is 2.11 bits per heavy atom. The van der Waals surface area contributed by atoms with Gasteiger partial charge in [-0.1, -0.05) is 49.6 Å². The third-order valence-corrected chi connectivity index (χ3v) is 3.91. The highest BCUT2D eigenvalue weighted by Gasteiger charge is 2.21. The summed E-state index contributed by atoms with van der Waals surface area (Å²) in [6, 6.07) is 8.51. The number of rotatable bonds is 3. The van der Waals surface area contributed by atoms with Crippen molar-refractivity contribution in [3.05, 3.63) is 41.5 Å². The third kappa shape index (κ3) is 4.23. The van der Waals surface area contributed by atoms with Crippen LogP contribution in [0.3, 0.4) is 0 Å². The monoisotopic (exact) mass is 257 g/mol. The number of aryl methyl sites for hydroxylation is 1. The SMILES string of the molecule is Cc1cccc(/C=C/C(=O)N[C@H]2CCCC[C@@H]2C)c1. The van der Waals surface area contributed by atoms with Crippen LogP contribution in [0.1, 0.15) is 43.7 Å². The van der Waals surface area contributed by atoms with Gasteiger partial charge in [0.15, 0.2) is 0 Å². The van der Waals surface area contributed by atoms with Gasteiger partial charge in [0, 0.05) is 12.1 Å². The smallest absolute Gasteiger partial charge is 0.244 e. The Balaban J connectivity index is 1.90. The van der Waals surface area contributed by atoms with Crippen LogP contribution in [-0.2, 0) is 4.79 Å². The Morgan fingerprint density at radius 3 is 2.84 bits per heavy atom. The van der Waals surface area contributed by atoms with E-state index >= 15 is 0 Å². The second-order valence-electron chi connectivity index (χ2n) is 5.62. The number of carbonyl (C=O) groups is 1. The largest absolute Gasteiger partial charge is 0.350 e. The quantitative estimate of drug-likeness (QED) is 0.822. The van der Waals surface area contributed by atoms with E-state index in [1.165, 1.54) is 24.8 Å². The van der Waals surface area contributed by atoms with Crippen molar-refractivity contribution >= 4 is 12.0 Å². The van der Waals surface area contributed by atoms with Gasteiger partial charge in [-0.3, -0.25) is 4.79 Å². The minimum absolute atomic E-state index is 0.0280. The first kappa shape index (κ1) is 13.9. The molecule has 1 fully saturated rings. The summed E-state index contributed by atoms with van der Waals surface area (Å²) in [6.45, 7) is 4.29. The zero-order chi connectivity index (χ0) is 13.7. The molecule has 2 nitrogen and oxygen atoms in total. The first-order valence-corrected chi connectivity index (χ1v) is 7.20. The molecule has 1 amide bonds. The van der Waals surface area contributed by atoms with Crippen molar-refractivity contribution in [2.45, 2.75) is 45.6 Å². The fraction of sp³-hybridized carbons (Fsp3) is 0.471. The molecule has 1 aromatic carbocycles. The number of nitrogens with one attached hydrogen (secondary N) is 1. The average Bonchev–Trinajstić information content (AvgIpc) is 2.39. The molecule has 102 valence electrons. The molecule has 1 N–H and O–H groups in total. The molecule has 0 bridgehead atoms. The van der Waals surface area contributed by atoms with Crippen molar-refractivity contribution in [2.24, 2.45) is 5.92 Å². The highest BCUT2D eigenvalue weighted by atomic mass is 16.1. The van der Waals surface area contributed by atoms with E-state index in [1.807, 2.05) is 18.2 Å². The summed E-state index contributed by atoms with van der Waals surface area (Å²) >= 11 is 0. The average molecular weight is 257 g/mol. The van der Waals surface area contributed by atoms with Crippen LogP contribution < -0.4 is 5.32 Å². The Hall–Kier alpha value is -1.57. The van der Waals surface area contributed by atoms with Crippen LogP contribution in [-0.4, -0.2) is 11.9 Å². The van der Waals surface area contributed by atoms with Crippen molar-refractivity contribution < 1.29 is 4.79 Å². The van der Waals surface area contributed by atoms with Gasteiger partial charge in [0.2, 0.25) is 5.91 Å². The van der Waals surface area contributed by atoms with Crippen molar-refractivity contribution in [3.63, 3.8) is 0 Å². The fourth-order valence-electron chi connectivity index (χ4n) is 2.71. The van der Waals surface area contributed by atoms with E-state index in [2.05, 4.69) is 31.3 Å². The molecule has 0 aliphatic heterocycles. The molecule has 0 radical (unpaired) electrons. The summed E-state index contributed by atoms with van der Waals surface area (Å²) in [6.07, 6.45) is 8.41. The molecule has 0 aromatic heterocycles. The molecule has 1 aromatic rings. The van der Waals surface area contributed by atoms with E-state index < -0.39 is 0 Å². The topological polar surface area (TPSA) is 29.1 Å². The van der Waals surface area contributed by atoms with Crippen molar-refractivity contribution in [2.75, 3.05) is 0 Å². The summed E-state index contributed by atoms with van der Waals surface area (Å²) < 4.78 is 0. The van der Waals surface area contributed by atoms with Gasteiger partial charge in [0.1, 0.15) is 0 Å². The highest BCUT2D eigenvalue weighted by Crippen LogP contribution is 2.23. The molecule has 1 aliphatic rings. The molecule has 1 aliphatic carbocycles. The van der Waals surface area contributed by atoms with E-state index in [9.17, 15) is 4.79 Å². The lowest BCUT2D eigenvalue weighted by molar-refractivity contribution is -0.117. The number of carbonyl (C=O) groups excluding carboxylic acids is 1. The van der Waals surface area contributed by atoms with Crippen LogP contribution in [0.25, 0.3) is 6.08 Å². The minimum atomic E-state index is 0.0280. The van der Waals surface area contributed by atoms with Crippen molar-refractivity contribution in [1.29, 1.82) is 0 Å². The maximum absolute atomic E-state index is 11.9. The first-order chi connectivity index (χ1) is 9.15. The molecular formula is C17H23NO. The van der Waals surface area contributed by atoms with Crippen LogP contribution >= 0.6 is 0 Å². The van der Waals surface area contributed by atoms with E-state index in [0.717, 1.165) is 12.0 Å². The van der Waals surface area contributed by atoms with Gasteiger partial charge in [0.05, 0.1) is 0 Å². The molecule has 19 heavy (non-hydrogen) atoms. The van der Waals surface area contributed by atoms with Gasteiger partial charge < -0.3 is 5.32 Å². The Morgan fingerprint density at radius 1 is 1.32 bits per heavy atom. The predicted molar refractivity (Wildman–Crippen MR) is 79.8 cm³/mol. The molecule has 0 heterocycles. The predicted octanol–water partition coefficient (Wildman–Crippen LogP) is 3.70. The Bertz CT molecular complexity index is 464. The summed E-state index contributed by atoms with van der Waals surface area (Å²) in [5.74, 6) is 0.630. The van der Waals surface area contributed by atoms with Gasteiger partial charge in [-0.05, 0) is 37.3 Å². The van der Waals surface area contributed by atoms with Crippen LogP contribution in [0.4, 0.5) is 0 Å². The van der Waals surface area contributed by atoms with Crippen LogP contribution in [0.5, 0.6) is 0 Å². The van der Waals surface area contributed by atoms with E-state index in [0.29, 0.717) is 12.0 Å². The minimum Gasteiger partial charge on any atom is -0.350 e. The third-order valence-electron chi connectivity index (χ3n) is 3.91. The van der Waals surface area contributed by atoms with Gasteiger partial charge in [0.25, 0.3) is 0 Å². The standard InChI is InChI=1S/C17H23NO/c1-13-6-5-8-15(12-13)10-11-17(19)18-16-9-4-3-7-14(16)2/h5-6,8,10-12,14,16H,3-4,7,9H2,1-2H3,(H,18,19)/b11-10+/t14-,16-/m0/s1. The van der Waals surface area contributed by atoms with Crippen LogP contribution in [0.2, 0.25) is 0 Å². The highest BCUT2D eigenvalue weighted by molar-refractivity contribution is 5.91. The maximum Gasteiger partial charge on any atom is 0.244 e. The lowest BCUT2D eigenvalue weighted by atomic mass is 9.86. The number of hydrogen-bond acceptors (Lipinski definition) is 1. The number of hydrogen-bond donors (Lipinski definition) is 1.